The smallest absolute Gasteiger partial charge is 0.422 e. The summed E-state index contributed by atoms with van der Waals surface area (Å²) in [5, 5.41) is 2.84. The number of nitrogens with zero attached hydrogens (tertiary/aromatic N) is 1. The van der Waals surface area contributed by atoms with Gasteiger partial charge in [0.2, 0.25) is 5.89 Å². The van der Waals surface area contributed by atoms with Gasteiger partial charge in [-0.3, -0.25) is 0 Å². The van der Waals surface area contributed by atoms with Gasteiger partial charge in [-0.2, -0.15) is 18.2 Å². The summed E-state index contributed by atoms with van der Waals surface area (Å²) in [6.45, 7) is -0.909. The van der Waals surface area contributed by atoms with Crippen LogP contribution in [0.4, 0.5) is 19.0 Å². The lowest BCUT2D eigenvalue weighted by molar-refractivity contribution is -0.153. The van der Waals surface area contributed by atoms with Gasteiger partial charge in [-0.25, -0.2) is 0 Å². The van der Waals surface area contributed by atoms with Gasteiger partial charge < -0.3 is 19.2 Å². The molecule has 24 heavy (non-hydrogen) atoms. The second-order valence-corrected chi connectivity index (χ2v) is 5.61. The quantitative estimate of drug-likeness (QED) is 0.820. The van der Waals surface area contributed by atoms with Gasteiger partial charge in [-0.1, -0.05) is 0 Å². The maximum atomic E-state index is 12.4. The van der Waals surface area contributed by atoms with Crippen LogP contribution < -0.4 is 14.8 Å². The molecule has 0 unspecified atom stereocenters. The molecule has 0 amide bonds. The Morgan fingerprint density at radius 2 is 2.04 bits per heavy atom. The van der Waals surface area contributed by atoms with Crippen molar-refractivity contribution in [3.8, 4) is 23.0 Å². The number of alkyl halides is 3. The molecule has 1 saturated carbocycles. The number of hydrogen-bond donors (Lipinski definition) is 1. The number of oxazole rings is 1. The largest absolute Gasteiger partial charge is 0.489 e. The lowest BCUT2D eigenvalue weighted by Crippen LogP contribution is -2.19. The third kappa shape index (κ3) is 4.33. The SMILES string of the molecule is CNc1coc(-c2ccc(OCC(F)(F)F)c(OCC3CC3)c2)n1. The average molecular weight is 342 g/mol. The topological polar surface area (TPSA) is 56.5 Å². The van der Waals surface area contributed by atoms with Gasteiger partial charge in [0.1, 0.15) is 6.26 Å². The molecule has 1 N–H and O–H groups in total. The molecular formula is C16H17F3N2O3. The van der Waals surface area contributed by atoms with E-state index in [4.69, 9.17) is 13.9 Å². The summed E-state index contributed by atoms with van der Waals surface area (Å²) in [7, 11) is 1.71. The van der Waals surface area contributed by atoms with Gasteiger partial charge in [-0.15, -0.1) is 0 Å². The van der Waals surface area contributed by atoms with Crippen molar-refractivity contribution < 1.29 is 27.1 Å². The minimum absolute atomic E-state index is 0.0529. The van der Waals surface area contributed by atoms with Crippen molar-refractivity contribution in [3.63, 3.8) is 0 Å². The zero-order valence-corrected chi connectivity index (χ0v) is 13.0. The summed E-state index contributed by atoms with van der Waals surface area (Å²) in [6, 6.07) is 4.60. The van der Waals surface area contributed by atoms with Crippen molar-refractivity contribution in [2.45, 2.75) is 19.0 Å². The van der Waals surface area contributed by atoms with Crippen molar-refractivity contribution in [2.75, 3.05) is 25.6 Å². The lowest BCUT2D eigenvalue weighted by atomic mass is 10.2. The zero-order valence-electron chi connectivity index (χ0n) is 13.0. The number of anilines is 1. The molecular weight excluding hydrogens is 325 g/mol. The fourth-order valence-corrected chi connectivity index (χ4v) is 2.05. The van der Waals surface area contributed by atoms with Crippen LogP contribution in [0.25, 0.3) is 11.5 Å². The maximum absolute atomic E-state index is 12.4. The Kier molecular flexibility index (Phi) is 4.55. The molecule has 8 heteroatoms. The third-order valence-electron chi connectivity index (χ3n) is 3.51. The van der Waals surface area contributed by atoms with Crippen LogP contribution in [0.15, 0.2) is 28.9 Å². The summed E-state index contributed by atoms with van der Waals surface area (Å²) < 4.78 is 53.0. The van der Waals surface area contributed by atoms with Gasteiger partial charge in [0.05, 0.1) is 6.61 Å². The lowest BCUT2D eigenvalue weighted by Gasteiger charge is -2.14. The molecule has 0 spiro atoms. The molecule has 0 radical (unpaired) electrons. The fraction of sp³-hybridized carbons (Fsp3) is 0.438. The standard InChI is InChI=1S/C16H17F3N2O3/c1-20-14-8-23-15(21-14)11-4-5-12(24-9-16(17,18)19)13(6-11)22-7-10-2-3-10/h4-6,8,10,20H,2-3,7,9H2,1H3. The van der Waals surface area contributed by atoms with Gasteiger partial charge in [0.15, 0.2) is 23.9 Å². The summed E-state index contributed by atoms with van der Waals surface area (Å²) in [5.74, 6) is 1.67. The van der Waals surface area contributed by atoms with E-state index in [1.54, 1.807) is 19.2 Å². The normalized spacial score (nSPS) is 14.5. The molecule has 0 bridgehead atoms. The molecule has 0 saturated heterocycles. The van der Waals surface area contributed by atoms with Crippen molar-refractivity contribution in [1.29, 1.82) is 0 Å². The molecule has 0 aliphatic heterocycles. The van der Waals surface area contributed by atoms with Crippen molar-refractivity contribution in [1.82, 2.24) is 4.98 Å². The van der Waals surface area contributed by atoms with E-state index in [1.807, 2.05) is 0 Å². The van der Waals surface area contributed by atoms with Gasteiger partial charge in [0, 0.05) is 12.6 Å². The van der Waals surface area contributed by atoms with E-state index in [0.29, 0.717) is 29.8 Å². The van der Waals surface area contributed by atoms with E-state index in [2.05, 4.69) is 10.3 Å². The van der Waals surface area contributed by atoms with Gasteiger partial charge in [-0.05, 0) is 37.0 Å². The van der Waals surface area contributed by atoms with Crippen LogP contribution in [0, 0.1) is 5.92 Å². The molecule has 3 rings (SSSR count). The Morgan fingerprint density at radius 1 is 1.25 bits per heavy atom. The molecule has 1 heterocycles. The number of rotatable bonds is 7. The average Bonchev–Trinajstić information content (AvgIpc) is 3.25. The first kappa shape index (κ1) is 16.5. The molecule has 1 fully saturated rings. The van der Waals surface area contributed by atoms with Crippen LogP contribution in [-0.2, 0) is 0 Å². The zero-order chi connectivity index (χ0) is 17.2. The Hall–Kier alpha value is -2.38. The van der Waals surface area contributed by atoms with E-state index < -0.39 is 12.8 Å². The van der Waals surface area contributed by atoms with Crippen LogP contribution in [0.1, 0.15) is 12.8 Å². The number of nitrogens with one attached hydrogen (secondary N) is 1. The number of hydrogen-bond acceptors (Lipinski definition) is 5. The summed E-state index contributed by atoms with van der Waals surface area (Å²) in [4.78, 5) is 4.21. The Labute approximate surface area is 136 Å². The Morgan fingerprint density at radius 3 is 2.67 bits per heavy atom. The maximum Gasteiger partial charge on any atom is 0.422 e. The fourth-order valence-electron chi connectivity index (χ4n) is 2.05. The van der Waals surface area contributed by atoms with Gasteiger partial charge in [0.25, 0.3) is 0 Å². The second-order valence-electron chi connectivity index (χ2n) is 5.61. The van der Waals surface area contributed by atoms with Crippen LogP contribution in [0.3, 0.4) is 0 Å². The molecule has 1 aromatic heterocycles. The van der Waals surface area contributed by atoms with E-state index in [1.165, 1.54) is 12.3 Å². The minimum Gasteiger partial charge on any atom is -0.489 e. The molecule has 1 aromatic carbocycles. The van der Waals surface area contributed by atoms with Crippen LogP contribution in [0.2, 0.25) is 0 Å². The Bertz CT molecular complexity index is 696. The summed E-state index contributed by atoms with van der Waals surface area (Å²) >= 11 is 0. The van der Waals surface area contributed by atoms with Crippen molar-refractivity contribution in [2.24, 2.45) is 5.92 Å². The highest BCUT2D eigenvalue weighted by molar-refractivity contribution is 5.61. The highest BCUT2D eigenvalue weighted by Gasteiger charge is 2.29. The van der Waals surface area contributed by atoms with E-state index >= 15 is 0 Å². The minimum atomic E-state index is -4.41. The van der Waals surface area contributed by atoms with Crippen LogP contribution in [0.5, 0.6) is 11.5 Å². The predicted octanol–water partition coefficient (Wildman–Crippen LogP) is 4.11. The molecule has 130 valence electrons. The van der Waals surface area contributed by atoms with Crippen molar-refractivity contribution in [3.05, 3.63) is 24.5 Å². The molecule has 0 atom stereocenters. The van der Waals surface area contributed by atoms with Crippen molar-refractivity contribution >= 4 is 5.82 Å². The predicted molar refractivity (Wildman–Crippen MR) is 81.3 cm³/mol. The number of benzene rings is 1. The highest BCUT2D eigenvalue weighted by atomic mass is 19.4. The first-order valence-electron chi connectivity index (χ1n) is 7.54. The van der Waals surface area contributed by atoms with E-state index in [9.17, 15) is 13.2 Å². The van der Waals surface area contributed by atoms with E-state index in [-0.39, 0.29) is 11.5 Å². The molecule has 5 nitrogen and oxygen atoms in total. The summed E-state index contributed by atoms with van der Waals surface area (Å²) in [6.07, 6.45) is -0.807. The van der Waals surface area contributed by atoms with Gasteiger partial charge >= 0.3 is 6.18 Å². The molecule has 2 aromatic rings. The number of aromatic nitrogens is 1. The molecule has 1 aliphatic carbocycles. The third-order valence-corrected chi connectivity index (χ3v) is 3.51. The number of halogens is 3. The monoisotopic (exact) mass is 342 g/mol. The highest BCUT2D eigenvalue weighted by Crippen LogP contribution is 2.36. The first-order valence-corrected chi connectivity index (χ1v) is 7.54. The Balaban J connectivity index is 1.81. The van der Waals surface area contributed by atoms with E-state index in [0.717, 1.165) is 12.8 Å². The second kappa shape index (κ2) is 6.62. The first-order chi connectivity index (χ1) is 11.4. The van der Waals surface area contributed by atoms with Crippen LogP contribution in [-0.4, -0.2) is 31.4 Å². The van der Waals surface area contributed by atoms with Crippen LogP contribution >= 0.6 is 0 Å². The number of ether oxygens (including phenoxy) is 2. The summed E-state index contributed by atoms with van der Waals surface area (Å²) in [5.41, 5.74) is 0.599. The molecule has 1 aliphatic rings.